The maximum absolute atomic E-state index is 12.6. The van der Waals surface area contributed by atoms with Crippen molar-refractivity contribution in [2.24, 2.45) is 0 Å². The third kappa shape index (κ3) is 4.75. The monoisotopic (exact) mass is 435 g/mol. The molecule has 4 rings (SSSR count). The molecular weight excluding hydrogens is 414 g/mol. The zero-order chi connectivity index (χ0) is 21.8. The van der Waals surface area contributed by atoms with E-state index >= 15 is 0 Å². The van der Waals surface area contributed by atoms with Gasteiger partial charge < -0.3 is 10.2 Å². The van der Waals surface area contributed by atoms with Gasteiger partial charge in [0, 0.05) is 35.6 Å². The number of anilines is 3. The number of sulfonamides is 1. The smallest absolute Gasteiger partial charge is 0.261 e. The fourth-order valence-corrected chi connectivity index (χ4v) is 4.44. The summed E-state index contributed by atoms with van der Waals surface area (Å²) in [7, 11) is -3.75. The molecule has 2 N–H and O–H groups in total. The predicted octanol–water partition coefficient (Wildman–Crippen LogP) is 3.87. The van der Waals surface area contributed by atoms with Gasteiger partial charge in [0.2, 0.25) is 5.91 Å². The zero-order valence-corrected chi connectivity index (χ0v) is 17.4. The molecule has 1 aliphatic rings. The minimum atomic E-state index is -3.75. The number of carbonyl (C=O) groups excluding carboxylic acids is 2. The van der Waals surface area contributed by atoms with Gasteiger partial charge in [0.25, 0.3) is 15.9 Å². The number of rotatable bonds is 6. The lowest BCUT2D eigenvalue weighted by atomic mass is 10.2. The lowest BCUT2D eigenvalue weighted by molar-refractivity contribution is -0.117. The Bertz CT molecular complexity index is 1210. The Morgan fingerprint density at radius 2 is 1.58 bits per heavy atom. The van der Waals surface area contributed by atoms with E-state index < -0.39 is 10.0 Å². The van der Waals surface area contributed by atoms with E-state index in [4.69, 9.17) is 0 Å². The van der Waals surface area contributed by atoms with Crippen LogP contribution in [-0.4, -0.2) is 26.8 Å². The van der Waals surface area contributed by atoms with E-state index in [1.807, 2.05) is 6.07 Å². The highest BCUT2D eigenvalue weighted by Crippen LogP contribution is 2.24. The maximum atomic E-state index is 12.6. The van der Waals surface area contributed by atoms with Gasteiger partial charge in [0.15, 0.2) is 0 Å². The van der Waals surface area contributed by atoms with Gasteiger partial charge in [-0.05, 0) is 61.0 Å². The molecule has 3 aromatic carbocycles. The molecule has 1 fully saturated rings. The summed E-state index contributed by atoms with van der Waals surface area (Å²) in [5, 5.41) is 2.79. The van der Waals surface area contributed by atoms with Gasteiger partial charge in [-0.3, -0.25) is 14.3 Å². The topological polar surface area (TPSA) is 95.6 Å². The van der Waals surface area contributed by atoms with Crippen molar-refractivity contribution in [3.63, 3.8) is 0 Å². The van der Waals surface area contributed by atoms with Crippen molar-refractivity contribution in [3.8, 4) is 0 Å². The number of hydrogen-bond donors (Lipinski definition) is 2. The van der Waals surface area contributed by atoms with Crippen molar-refractivity contribution < 1.29 is 18.0 Å². The highest BCUT2D eigenvalue weighted by Gasteiger charge is 2.22. The number of hydrogen-bond acceptors (Lipinski definition) is 4. The first kappa shape index (κ1) is 20.6. The average molecular weight is 436 g/mol. The minimum absolute atomic E-state index is 0.0578. The second-order valence-corrected chi connectivity index (χ2v) is 8.83. The fourth-order valence-electron chi connectivity index (χ4n) is 3.38. The van der Waals surface area contributed by atoms with Crippen LogP contribution in [-0.2, 0) is 14.8 Å². The molecule has 1 aliphatic heterocycles. The van der Waals surface area contributed by atoms with Crippen LogP contribution in [0.25, 0.3) is 0 Å². The molecule has 158 valence electrons. The summed E-state index contributed by atoms with van der Waals surface area (Å²) in [6, 6.07) is 21.4. The standard InChI is InChI=1S/C23H21N3O4S/c27-22-10-5-15-26(22)20-9-4-8-19(16-20)24-23(28)17-11-13-21(14-12-17)31(29,30)25-18-6-2-1-3-7-18/h1-4,6-9,11-14,16,25H,5,10,15H2,(H,24,28). The molecule has 0 radical (unpaired) electrons. The van der Waals surface area contributed by atoms with Crippen LogP contribution in [0, 0.1) is 0 Å². The zero-order valence-electron chi connectivity index (χ0n) is 16.6. The lowest BCUT2D eigenvalue weighted by Crippen LogP contribution is -2.23. The summed E-state index contributed by atoms with van der Waals surface area (Å²) in [6.45, 7) is 0.670. The first-order valence-electron chi connectivity index (χ1n) is 9.82. The Balaban J connectivity index is 1.46. The van der Waals surface area contributed by atoms with Gasteiger partial charge in [-0.25, -0.2) is 8.42 Å². The molecule has 3 aromatic rings. The van der Waals surface area contributed by atoms with Gasteiger partial charge in [0.05, 0.1) is 4.90 Å². The van der Waals surface area contributed by atoms with E-state index in [-0.39, 0.29) is 16.7 Å². The van der Waals surface area contributed by atoms with Crippen LogP contribution < -0.4 is 14.9 Å². The summed E-state index contributed by atoms with van der Waals surface area (Å²) < 4.78 is 27.5. The normalized spacial score (nSPS) is 13.8. The van der Waals surface area contributed by atoms with Crippen LogP contribution in [0.3, 0.4) is 0 Å². The van der Waals surface area contributed by atoms with Gasteiger partial charge in [-0.2, -0.15) is 0 Å². The quantitative estimate of drug-likeness (QED) is 0.614. The van der Waals surface area contributed by atoms with Crippen molar-refractivity contribution in [2.45, 2.75) is 17.7 Å². The molecule has 0 aliphatic carbocycles. The van der Waals surface area contributed by atoms with Crippen molar-refractivity contribution in [2.75, 3.05) is 21.5 Å². The first-order chi connectivity index (χ1) is 14.9. The molecule has 0 unspecified atom stereocenters. The SMILES string of the molecule is O=C(Nc1cccc(N2CCCC2=O)c1)c1ccc(S(=O)(=O)Nc2ccccc2)cc1. The molecule has 1 heterocycles. The van der Waals surface area contributed by atoms with E-state index in [0.29, 0.717) is 29.9 Å². The van der Waals surface area contributed by atoms with E-state index in [2.05, 4.69) is 10.0 Å². The van der Waals surface area contributed by atoms with E-state index in [9.17, 15) is 18.0 Å². The van der Waals surface area contributed by atoms with Crippen LogP contribution in [0.2, 0.25) is 0 Å². The summed E-state index contributed by atoms with van der Waals surface area (Å²) in [5.41, 5.74) is 2.08. The third-order valence-corrected chi connectivity index (χ3v) is 6.34. The second-order valence-electron chi connectivity index (χ2n) is 7.15. The molecule has 31 heavy (non-hydrogen) atoms. The molecule has 7 nitrogen and oxygen atoms in total. The molecule has 2 amide bonds. The van der Waals surface area contributed by atoms with Crippen molar-refractivity contribution in [3.05, 3.63) is 84.4 Å². The molecular formula is C23H21N3O4S. The van der Waals surface area contributed by atoms with Crippen LogP contribution in [0.1, 0.15) is 23.2 Å². The number of nitrogens with one attached hydrogen (secondary N) is 2. The molecule has 8 heteroatoms. The molecule has 0 spiro atoms. The highest BCUT2D eigenvalue weighted by molar-refractivity contribution is 7.92. The third-order valence-electron chi connectivity index (χ3n) is 4.94. The van der Waals surface area contributed by atoms with Crippen molar-refractivity contribution in [1.82, 2.24) is 0 Å². The summed E-state index contributed by atoms with van der Waals surface area (Å²) in [5.74, 6) is -0.297. The molecule has 0 saturated carbocycles. The van der Waals surface area contributed by atoms with Crippen LogP contribution >= 0.6 is 0 Å². The molecule has 1 saturated heterocycles. The van der Waals surface area contributed by atoms with E-state index in [0.717, 1.165) is 12.1 Å². The van der Waals surface area contributed by atoms with Gasteiger partial charge >= 0.3 is 0 Å². The molecule has 0 bridgehead atoms. The second kappa shape index (κ2) is 8.61. The van der Waals surface area contributed by atoms with Crippen molar-refractivity contribution >= 4 is 38.9 Å². The number of para-hydroxylation sites is 1. The Kier molecular flexibility index (Phi) is 5.73. The Morgan fingerprint density at radius 3 is 2.26 bits per heavy atom. The lowest BCUT2D eigenvalue weighted by Gasteiger charge is -2.16. The minimum Gasteiger partial charge on any atom is -0.322 e. The fraction of sp³-hybridized carbons (Fsp3) is 0.130. The predicted molar refractivity (Wildman–Crippen MR) is 120 cm³/mol. The van der Waals surface area contributed by atoms with Crippen LogP contribution in [0.5, 0.6) is 0 Å². The first-order valence-corrected chi connectivity index (χ1v) is 11.3. The largest absolute Gasteiger partial charge is 0.322 e. The number of amides is 2. The molecule has 0 aromatic heterocycles. The Hall–Kier alpha value is -3.65. The van der Waals surface area contributed by atoms with Crippen molar-refractivity contribution in [1.29, 1.82) is 0 Å². The number of carbonyl (C=O) groups is 2. The highest BCUT2D eigenvalue weighted by atomic mass is 32.2. The van der Waals surface area contributed by atoms with Gasteiger partial charge in [-0.1, -0.05) is 24.3 Å². The number of benzene rings is 3. The van der Waals surface area contributed by atoms with E-state index in [1.165, 1.54) is 24.3 Å². The average Bonchev–Trinajstić information content (AvgIpc) is 3.20. The van der Waals surface area contributed by atoms with Crippen LogP contribution in [0.4, 0.5) is 17.1 Å². The Labute approximate surface area is 180 Å². The maximum Gasteiger partial charge on any atom is 0.261 e. The Morgan fingerprint density at radius 1 is 0.871 bits per heavy atom. The van der Waals surface area contributed by atoms with Gasteiger partial charge in [0.1, 0.15) is 0 Å². The van der Waals surface area contributed by atoms with Crippen LogP contribution in [0.15, 0.2) is 83.8 Å². The number of nitrogens with zero attached hydrogens (tertiary/aromatic N) is 1. The molecule has 0 atom stereocenters. The summed E-state index contributed by atoms with van der Waals surface area (Å²) in [6.07, 6.45) is 1.36. The summed E-state index contributed by atoms with van der Waals surface area (Å²) >= 11 is 0. The summed E-state index contributed by atoms with van der Waals surface area (Å²) in [4.78, 5) is 26.3. The van der Waals surface area contributed by atoms with E-state index in [1.54, 1.807) is 53.4 Å². The van der Waals surface area contributed by atoms with Gasteiger partial charge in [-0.15, -0.1) is 0 Å².